The molecular weight excluding hydrogens is 593 g/mol. The number of halogens is 3. The lowest BCUT2D eigenvalue weighted by Crippen LogP contribution is -2.44. The highest BCUT2D eigenvalue weighted by molar-refractivity contribution is 5.95. The standard InChI is InChI=1S/C33H45F3N2O7/c1-22(2)38(30(39)23-10-15-27(42-7)28(18-23)43-17-9-8-16-41-6)20-24-19-37(31(40)45-32(3,4)5)21-29(24)44-26-13-11-25(12-14-26)33(34,35)36/h10-15,18,22,24,29H,8-9,16-17,19-21H2,1-7H3/t24-,29?/m0/s1. The minimum absolute atomic E-state index is 0.143. The Bertz CT molecular complexity index is 1260. The van der Waals surface area contributed by atoms with E-state index >= 15 is 0 Å². The molecule has 0 aliphatic carbocycles. The number of ether oxygens (including phenoxy) is 5. The summed E-state index contributed by atoms with van der Waals surface area (Å²) >= 11 is 0. The maximum Gasteiger partial charge on any atom is 0.416 e. The van der Waals surface area contributed by atoms with Crippen LogP contribution in [0.1, 0.15) is 63.4 Å². The van der Waals surface area contributed by atoms with Gasteiger partial charge in [-0.3, -0.25) is 4.79 Å². The molecule has 250 valence electrons. The summed E-state index contributed by atoms with van der Waals surface area (Å²) in [7, 11) is 3.17. The number of hydrogen-bond donors (Lipinski definition) is 0. The predicted molar refractivity (Wildman–Crippen MR) is 163 cm³/mol. The second kappa shape index (κ2) is 15.6. The maximum atomic E-state index is 13.9. The van der Waals surface area contributed by atoms with Crippen molar-refractivity contribution >= 4 is 12.0 Å². The second-order valence-electron chi connectivity index (χ2n) is 12.3. The molecule has 1 saturated heterocycles. The first-order chi connectivity index (χ1) is 21.1. The first kappa shape index (κ1) is 35.8. The van der Waals surface area contributed by atoms with Crippen molar-refractivity contribution in [2.75, 3.05) is 47.1 Å². The van der Waals surface area contributed by atoms with Crippen molar-refractivity contribution in [1.82, 2.24) is 9.80 Å². The smallest absolute Gasteiger partial charge is 0.416 e. The molecule has 3 rings (SSSR count). The maximum absolute atomic E-state index is 13.9. The van der Waals surface area contributed by atoms with Gasteiger partial charge in [-0.2, -0.15) is 13.2 Å². The van der Waals surface area contributed by atoms with E-state index in [1.54, 1.807) is 51.0 Å². The monoisotopic (exact) mass is 638 g/mol. The van der Waals surface area contributed by atoms with Crippen molar-refractivity contribution in [1.29, 1.82) is 0 Å². The largest absolute Gasteiger partial charge is 0.493 e. The van der Waals surface area contributed by atoms with Crippen LogP contribution in [0.15, 0.2) is 42.5 Å². The molecule has 1 unspecified atom stereocenters. The Labute approximate surface area is 263 Å². The van der Waals surface area contributed by atoms with Gasteiger partial charge in [-0.1, -0.05) is 0 Å². The molecule has 2 amide bonds. The Balaban J connectivity index is 1.83. The fourth-order valence-electron chi connectivity index (χ4n) is 4.92. The molecule has 0 saturated carbocycles. The zero-order valence-electron chi connectivity index (χ0n) is 27.1. The van der Waals surface area contributed by atoms with Crippen LogP contribution in [-0.2, 0) is 15.7 Å². The predicted octanol–water partition coefficient (Wildman–Crippen LogP) is 6.68. The number of carbonyl (C=O) groups excluding carboxylic acids is 2. The molecule has 1 aliphatic heterocycles. The van der Waals surface area contributed by atoms with Gasteiger partial charge in [0.05, 0.1) is 25.8 Å². The Morgan fingerprint density at radius 1 is 0.956 bits per heavy atom. The lowest BCUT2D eigenvalue weighted by atomic mass is 10.0. The van der Waals surface area contributed by atoms with Gasteiger partial charge < -0.3 is 33.5 Å². The number of carbonyl (C=O) groups is 2. The molecule has 2 aromatic carbocycles. The summed E-state index contributed by atoms with van der Waals surface area (Å²) in [6, 6.07) is 9.22. The van der Waals surface area contributed by atoms with E-state index in [4.69, 9.17) is 23.7 Å². The third-order valence-electron chi connectivity index (χ3n) is 7.23. The summed E-state index contributed by atoms with van der Waals surface area (Å²) in [4.78, 5) is 30.1. The van der Waals surface area contributed by atoms with E-state index in [1.165, 1.54) is 24.1 Å². The first-order valence-electron chi connectivity index (χ1n) is 15.1. The van der Waals surface area contributed by atoms with Gasteiger partial charge in [-0.15, -0.1) is 0 Å². The third kappa shape index (κ3) is 10.4. The zero-order valence-corrected chi connectivity index (χ0v) is 27.1. The van der Waals surface area contributed by atoms with E-state index in [2.05, 4.69) is 0 Å². The first-order valence-corrected chi connectivity index (χ1v) is 15.1. The third-order valence-corrected chi connectivity index (χ3v) is 7.23. The highest BCUT2D eigenvalue weighted by Crippen LogP contribution is 2.33. The van der Waals surface area contributed by atoms with Crippen LogP contribution in [0.3, 0.4) is 0 Å². The van der Waals surface area contributed by atoms with E-state index in [-0.39, 0.29) is 43.3 Å². The molecule has 9 nitrogen and oxygen atoms in total. The SMILES string of the molecule is COCCCCOc1cc(C(=O)N(C[C@@H]2CN(C(=O)OC(C)(C)C)CC2Oc2ccc(C(F)(F)F)cc2)C(C)C)ccc1OC. The topological polar surface area (TPSA) is 86.8 Å². The number of nitrogens with zero attached hydrogens (tertiary/aromatic N) is 2. The summed E-state index contributed by atoms with van der Waals surface area (Å²) in [6.45, 7) is 10.7. The van der Waals surface area contributed by atoms with Crippen molar-refractivity contribution in [2.45, 2.75) is 71.4 Å². The number of rotatable bonds is 13. The Morgan fingerprint density at radius 3 is 2.20 bits per heavy atom. The Kier molecular flexibility index (Phi) is 12.4. The van der Waals surface area contributed by atoms with Gasteiger partial charge in [0.2, 0.25) is 0 Å². The number of benzene rings is 2. The highest BCUT2D eigenvalue weighted by atomic mass is 19.4. The quantitative estimate of drug-likeness (QED) is 0.226. The van der Waals surface area contributed by atoms with Gasteiger partial charge >= 0.3 is 12.3 Å². The van der Waals surface area contributed by atoms with E-state index in [0.29, 0.717) is 30.3 Å². The van der Waals surface area contributed by atoms with E-state index in [1.807, 2.05) is 13.8 Å². The van der Waals surface area contributed by atoms with E-state index < -0.39 is 29.5 Å². The molecule has 0 radical (unpaired) electrons. The number of likely N-dealkylation sites (tertiary alicyclic amines) is 1. The summed E-state index contributed by atoms with van der Waals surface area (Å²) in [6.07, 6.45) is -4.02. The number of hydrogen-bond acceptors (Lipinski definition) is 7. The molecule has 2 aromatic rings. The van der Waals surface area contributed by atoms with Crippen LogP contribution in [0.5, 0.6) is 17.2 Å². The molecule has 0 aromatic heterocycles. The molecule has 1 heterocycles. The van der Waals surface area contributed by atoms with Gasteiger partial charge in [-0.05, 0) is 89.9 Å². The van der Waals surface area contributed by atoms with Gasteiger partial charge in [0.15, 0.2) is 11.5 Å². The van der Waals surface area contributed by atoms with Crippen LogP contribution in [0.4, 0.5) is 18.0 Å². The van der Waals surface area contributed by atoms with Crippen LogP contribution in [-0.4, -0.2) is 86.6 Å². The summed E-state index contributed by atoms with van der Waals surface area (Å²) in [5.41, 5.74) is -1.11. The molecule has 45 heavy (non-hydrogen) atoms. The van der Waals surface area contributed by atoms with Gasteiger partial charge in [0, 0.05) is 44.3 Å². The van der Waals surface area contributed by atoms with Crippen molar-refractivity contribution in [3.05, 3.63) is 53.6 Å². The van der Waals surface area contributed by atoms with Crippen LogP contribution < -0.4 is 14.2 Å². The minimum Gasteiger partial charge on any atom is -0.493 e. The minimum atomic E-state index is -4.48. The summed E-state index contributed by atoms with van der Waals surface area (Å²) < 4.78 is 67.5. The van der Waals surface area contributed by atoms with Crippen molar-refractivity contribution in [3.63, 3.8) is 0 Å². The lowest BCUT2D eigenvalue weighted by Gasteiger charge is -2.31. The molecule has 0 bridgehead atoms. The molecule has 0 N–H and O–H groups in total. The molecule has 1 aliphatic rings. The van der Waals surface area contributed by atoms with Crippen LogP contribution in [0.2, 0.25) is 0 Å². The average molecular weight is 639 g/mol. The van der Waals surface area contributed by atoms with Crippen LogP contribution >= 0.6 is 0 Å². The van der Waals surface area contributed by atoms with E-state index in [9.17, 15) is 22.8 Å². The Hall–Kier alpha value is -3.67. The summed E-state index contributed by atoms with van der Waals surface area (Å²) in [5, 5.41) is 0. The highest BCUT2D eigenvalue weighted by Gasteiger charge is 2.41. The van der Waals surface area contributed by atoms with Crippen molar-refractivity contribution in [3.8, 4) is 17.2 Å². The zero-order chi connectivity index (χ0) is 33.4. The van der Waals surface area contributed by atoms with Crippen LogP contribution in [0.25, 0.3) is 0 Å². The van der Waals surface area contributed by atoms with Gasteiger partial charge in [0.1, 0.15) is 17.5 Å². The van der Waals surface area contributed by atoms with E-state index in [0.717, 1.165) is 25.0 Å². The normalized spacial score (nSPS) is 16.9. The molecule has 2 atom stereocenters. The molecule has 12 heteroatoms. The summed E-state index contributed by atoms with van der Waals surface area (Å²) in [5.74, 6) is 0.573. The van der Waals surface area contributed by atoms with Gasteiger partial charge in [-0.25, -0.2) is 4.79 Å². The fourth-order valence-corrected chi connectivity index (χ4v) is 4.92. The van der Waals surface area contributed by atoms with Gasteiger partial charge in [0.25, 0.3) is 5.91 Å². The van der Waals surface area contributed by atoms with Crippen molar-refractivity contribution < 1.29 is 46.4 Å². The van der Waals surface area contributed by atoms with Crippen molar-refractivity contribution in [2.24, 2.45) is 5.92 Å². The number of alkyl halides is 3. The molecule has 1 fully saturated rings. The molecule has 0 spiro atoms. The second-order valence-corrected chi connectivity index (χ2v) is 12.3. The number of unbranched alkanes of at least 4 members (excludes halogenated alkanes) is 1. The number of amides is 2. The number of methoxy groups -OCH3 is 2. The molecular formula is C33H45F3N2O7. The Morgan fingerprint density at radius 2 is 1.62 bits per heavy atom. The van der Waals surface area contributed by atoms with Crippen LogP contribution in [0, 0.1) is 5.92 Å². The average Bonchev–Trinajstić information content (AvgIpc) is 3.36. The lowest BCUT2D eigenvalue weighted by molar-refractivity contribution is -0.137. The fraction of sp³-hybridized carbons (Fsp3) is 0.576.